The van der Waals surface area contributed by atoms with Gasteiger partial charge in [0.15, 0.2) is 0 Å². The van der Waals surface area contributed by atoms with E-state index < -0.39 is 11.6 Å². The van der Waals surface area contributed by atoms with Crippen LogP contribution in [0.1, 0.15) is 27.7 Å². The summed E-state index contributed by atoms with van der Waals surface area (Å²) in [5.41, 5.74) is -0.488. The maximum absolute atomic E-state index is 11.6. The van der Waals surface area contributed by atoms with E-state index >= 15 is 0 Å². The second kappa shape index (κ2) is 6.83. The molecule has 0 saturated carbocycles. The highest BCUT2D eigenvalue weighted by atomic mass is 16.5. The number of hydrogen-bond donors (Lipinski definition) is 3. The molecule has 0 heterocycles. The van der Waals surface area contributed by atoms with E-state index in [9.17, 15) is 9.90 Å². The van der Waals surface area contributed by atoms with Crippen LogP contribution < -0.4 is 10.6 Å². The standard InChI is InChI=1S/C11H24N2O3/c1-8(10(15)12-6-7-16-5)13-11(3,4)9(2)14/h8-9,13-14H,6-7H2,1-5H3,(H,12,15). The van der Waals surface area contributed by atoms with Crippen molar-refractivity contribution in [3.63, 3.8) is 0 Å². The first kappa shape index (κ1) is 15.3. The molecule has 0 bridgehead atoms. The first-order chi connectivity index (χ1) is 7.31. The van der Waals surface area contributed by atoms with Crippen molar-refractivity contribution >= 4 is 5.91 Å². The Bertz CT molecular complexity index is 217. The van der Waals surface area contributed by atoms with Gasteiger partial charge in [-0.2, -0.15) is 0 Å². The number of aliphatic hydroxyl groups excluding tert-OH is 1. The molecule has 16 heavy (non-hydrogen) atoms. The second-order valence-electron chi connectivity index (χ2n) is 4.55. The van der Waals surface area contributed by atoms with Crippen LogP contribution in [0, 0.1) is 0 Å². The minimum Gasteiger partial charge on any atom is -0.392 e. The van der Waals surface area contributed by atoms with Crippen LogP contribution in [0.3, 0.4) is 0 Å². The predicted octanol–water partition coefficient (Wildman–Crippen LogP) is -0.113. The number of nitrogens with one attached hydrogen (secondary N) is 2. The van der Waals surface area contributed by atoms with Gasteiger partial charge in [0.25, 0.3) is 0 Å². The van der Waals surface area contributed by atoms with Crippen LogP contribution in [-0.2, 0) is 9.53 Å². The molecule has 0 aromatic heterocycles. The molecule has 1 amide bonds. The highest BCUT2D eigenvalue weighted by Gasteiger charge is 2.27. The van der Waals surface area contributed by atoms with E-state index in [1.807, 2.05) is 13.8 Å². The van der Waals surface area contributed by atoms with Gasteiger partial charge >= 0.3 is 0 Å². The van der Waals surface area contributed by atoms with Gasteiger partial charge in [0.05, 0.1) is 18.8 Å². The van der Waals surface area contributed by atoms with Gasteiger partial charge in [0.2, 0.25) is 5.91 Å². The van der Waals surface area contributed by atoms with Gasteiger partial charge in [0, 0.05) is 19.2 Å². The number of carbonyl (C=O) groups is 1. The lowest BCUT2D eigenvalue weighted by Crippen LogP contribution is -2.56. The smallest absolute Gasteiger partial charge is 0.236 e. The third kappa shape index (κ3) is 5.44. The minimum atomic E-state index is -0.526. The first-order valence-electron chi connectivity index (χ1n) is 5.53. The third-order valence-electron chi connectivity index (χ3n) is 2.63. The molecule has 0 aliphatic carbocycles. The lowest BCUT2D eigenvalue weighted by Gasteiger charge is -2.32. The summed E-state index contributed by atoms with van der Waals surface area (Å²) in [4.78, 5) is 11.6. The largest absolute Gasteiger partial charge is 0.392 e. The summed E-state index contributed by atoms with van der Waals surface area (Å²) in [6, 6.07) is -0.346. The third-order valence-corrected chi connectivity index (χ3v) is 2.63. The Balaban J connectivity index is 4.05. The van der Waals surface area contributed by atoms with Crippen molar-refractivity contribution in [2.24, 2.45) is 0 Å². The first-order valence-corrected chi connectivity index (χ1v) is 5.53. The molecule has 0 aromatic rings. The Labute approximate surface area is 97.6 Å². The monoisotopic (exact) mass is 232 g/mol. The summed E-state index contributed by atoms with van der Waals surface area (Å²) in [5.74, 6) is -0.0919. The van der Waals surface area contributed by atoms with E-state index in [-0.39, 0.29) is 11.9 Å². The number of methoxy groups -OCH3 is 1. The molecule has 0 aliphatic rings. The number of amides is 1. The van der Waals surface area contributed by atoms with Gasteiger partial charge in [0.1, 0.15) is 0 Å². The molecule has 3 N–H and O–H groups in total. The van der Waals surface area contributed by atoms with Crippen LogP contribution in [0.15, 0.2) is 0 Å². The summed E-state index contributed by atoms with van der Waals surface area (Å²) in [7, 11) is 1.59. The van der Waals surface area contributed by atoms with Crippen molar-refractivity contribution < 1.29 is 14.6 Å². The van der Waals surface area contributed by atoms with Gasteiger partial charge in [-0.25, -0.2) is 0 Å². The summed E-state index contributed by atoms with van der Waals surface area (Å²) in [6.45, 7) is 8.18. The Kier molecular flexibility index (Phi) is 6.55. The van der Waals surface area contributed by atoms with E-state index in [1.54, 1.807) is 21.0 Å². The molecule has 0 aromatic carbocycles. The van der Waals surface area contributed by atoms with E-state index in [0.29, 0.717) is 13.2 Å². The van der Waals surface area contributed by atoms with Crippen molar-refractivity contribution in [2.45, 2.75) is 45.4 Å². The van der Waals surface area contributed by atoms with Crippen molar-refractivity contribution in [1.82, 2.24) is 10.6 Å². The molecule has 0 rings (SSSR count). The zero-order valence-electron chi connectivity index (χ0n) is 10.8. The van der Waals surface area contributed by atoms with Crippen LogP contribution in [0.2, 0.25) is 0 Å². The summed E-state index contributed by atoms with van der Waals surface area (Å²) in [6.07, 6.45) is -0.526. The summed E-state index contributed by atoms with van der Waals surface area (Å²) in [5, 5.41) is 15.3. The summed E-state index contributed by atoms with van der Waals surface area (Å²) < 4.78 is 4.84. The van der Waals surface area contributed by atoms with E-state index in [2.05, 4.69) is 10.6 Å². The molecule has 5 heteroatoms. The van der Waals surface area contributed by atoms with Crippen LogP contribution in [-0.4, -0.2) is 49.0 Å². The Hall–Kier alpha value is -0.650. The Morgan fingerprint density at radius 2 is 2.00 bits per heavy atom. The lowest BCUT2D eigenvalue weighted by atomic mass is 9.97. The number of aliphatic hydroxyl groups is 1. The lowest BCUT2D eigenvalue weighted by molar-refractivity contribution is -0.123. The van der Waals surface area contributed by atoms with Gasteiger partial charge in [-0.3, -0.25) is 10.1 Å². The molecular weight excluding hydrogens is 208 g/mol. The van der Waals surface area contributed by atoms with Gasteiger partial charge < -0.3 is 15.2 Å². The topological polar surface area (TPSA) is 70.6 Å². The average Bonchev–Trinajstić information content (AvgIpc) is 2.17. The van der Waals surface area contributed by atoms with Crippen LogP contribution >= 0.6 is 0 Å². The normalized spacial score (nSPS) is 15.6. The van der Waals surface area contributed by atoms with Crippen LogP contribution in [0.25, 0.3) is 0 Å². The molecule has 2 unspecified atom stereocenters. The SMILES string of the molecule is COCCNC(=O)C(C)NC(C)(C)C(C)O. The average molecular weight is 232 g/mol. The molecule has 2 atom stereocenters. The molecule has 0 saturated heterocycles. The molecule has 0 fully saturated rings. The van der Waals surface area contributed by atoms with Crippen molar-refractivity contribution in [2.75, 3.05) is 20.3 Å². The number of hydrogen-bond acceptors (Lipinski definition) is 4. The maximum atomic E-state index is 11.6. The van der Waals surface area contributed by atoms with E-state index in [1.165, 1.54) is 0 Å². The summed E-state index contributed by atoms with van der Waals surface area (Å²) >= 11 is 0. The number of rotatable bonds is 7. The molecule has 0 radical (unpaired) electrons. The minimum absolute atomic E-state index is 0.0919. The fraction of sp³-hybridized carbons (Fsp3) is 0.909. The maximum Gasteiger partial charge on any atom is 0.236 e. The zero-order valence-corrected chi connectivity index (χ0v) is 10.8. The highest BCUT2D eigenvalue weighted by Crippen LogP contribution is 2.09. The molecule has 0 spiro atoms. The number of ether oxygens (including phenoxy) is 1. The Morgan fingerprint density at radius 1 is 1.44 bits per heavy atom. The van der Waals surface area contributed by atoms with Crippen molar-refractivity contribution in [3.05, 3.63) is 0 Å². The predicted molar refractivity (Wildman–Crippen MR) is 63.2 cm³/mol. The second-order valence-corrected chi connectivity index (χ2v) is 4.55. The van der Waals surface area contributed by atoms with Crippen LogP contribution in [0.4, 0.5) is 0 Å². The zero-order chi connectivity index (χ0) is 12.8. The van der Waals surface area contributed by atoms with Gasteiger partial charge in [-0.15, -0.1) is 0 Å². The quantitative estimate of drug-likeness (QED) is 0.536. The Morgan fingerprint density at radius 3 is 2.44 bits per heavy atom. The fourth-order valence-electron chi connectivity index (χ4n) is 1.17. The van der Waals surface area contributed by atoms with Crippen molar-refractivity contribution in [1.29, 1.82) is 0 Å². The fourth-order valence-corrected chi connectivity index (χ4v) is 1.17. The van der Waals surface area contributed by atoms with Gasteiger partial charge in [-0.05, 0) is 27.7 Å². The number of carbonyl (C=O) groups excluding carboxylic acids is 1. The molecular formula is C11H24N2O3. The molecule has 5 nitrogen and oxygen atoms in total. The van der Waals surface area contributed by atoms with E-state index in [0.717, 1.165) is 0 Å². The molecule has 0 aliphatic heterocycles. The van der Waals surface area contributed by atoms with E-state index in [4.69, 9.17) is 4.74 Å². The highest BCUT2D eigenvalue weighted by molar-refractivity contribution is 5.81. The molecule has 96 valence electrons. The van der Waals surface area contributed by atoms with Gasteiger partial charge in [-0.1, -0.05) is 0 Å². The van der Waals surface area contributed by atoms with Crippen LogP contribution in [0.5, 0.6) is 0 Å². The van der Waals surface area contributed by atoms with Crippen molar-refractivity contribution in [3.8, 4) is 0 Å².